The molecular weight excluding hydrogens is 552 g/mol. The Morgan fingerprint density at radius 3 is 2.45 bits per heavy atom. The largest absolute Gasteiger partial charge is 0.449 e. The lowest BCUT2D eigenvalue weighted by molar-refractivity contribution is 0.0999. The van der Waals surface area contributed by atoms with E-state index in [2.05, 4.69) is 20.6 Å². The van der Waals surface area contributed by atoms with Crippen LogP contribution in [0.4, 0.5) is 11.4 Å². The number of aryl methyl sites for hydroxylation is 2. The summed E-state index contributed by atoms with van der Waals surface area (Å²) in [5.74, 6) is -1.92. The summed E-state index contributed by atoms with van der Waals surface area (Å²) in [6, 6.07) is 21.0. The summed E-state index contributed by atoms with van der Waals surface area (Å²) >= 11 is 6.23. The van der Waals surface area contributed by atoms with Crippen LogP contribution in [0.5, 0.6) is 0 Å². The summed E-state index contributed by atoms with van der Waals surface area (Å²) < 4.78 is 32.0. The molecule has 2 heterocycles. The van der Waals surface area contributed by atoms with Crippen molar-refractivity contribution in [2.24, 2.45) is 0 Å². The molecule has 5 aromatic rings. The van der Waals surface area contributed by atoms with Gasteiger partial charge in [-0.3, -0.25) is 9.59 Å². The van der Waals surface area contributed by atoms with Gasteiger partial charge in [0.15, 0.2) is 5.69 Å². The minimum absolute atomic E-state index is 0.0877. The van der Waals surface area contributed by atoms with Gasteiger partial charge in [0.25, 0.3) is 11.8 Å². The molecule has 0 bridgehead atoms. The van der Waals surface area contributed by atoms with E-state index in [9.17, 15) is 18.0 Å². The second-order valence-electron chi connectivity index (χ2n) is 9.11. The molecule has 3 aromatic carbocycles. The highest BCUT2D eigenvalue weighted by Gasteiger charge is 2.27. The molecule has 0 saturated heterocycles. The third-order valence-corrected chi connectivity index (χ3v) is 7.86. The minimum Gasteiger partial charge on any atom is -0.449 e. The smallest absolute Gasteiger partial charge is 0.293 e. The maximum absolute atomic E-state index is 13.4. The lowest BCUT2D eigenvalue weighted by Gasteiger charge is -2.10. The van der Waals surface area contributed by atoms with Crippen LogP contribution >= 0.6 is 11.6 Å². The fraction of sp³-hybridized carbons (Fsp3) is 0.103. The Hall–Kier alpha value is -4.54. The molecule has 0 spiro atoms. The molecule has 0 unspecified atom stereocenters. The molecular formula is C29H23ClN4O5S. The van der Waals surface area contributed by atoms with E-state index in [0.717, 1.165) is 17.3 Å². The zero-order valence-electron chi connectivity index (χ0n) is 21.4. The van der Waals surface area contributed by atoms with Gasteiger partial charge in [0.1, 0.15) is 11.3 Å². The molecule has 2 amide bonds. The number of sulfone groups is 1. The highest BCUT2D eigenvalue weighted by atomic mass is 35.5. The number of benzene rings is 3. The summed E-state index contributed by atoms with van der Waals surface area (Å²) in [6.45, 7) is 3.69. The van der Waals surface area contributed by atoms with Gasteiger partial charge in [0, 0.05) is 11.1 Å². The van der Waals surface area contributed by atoms with Crippen LogP contribution in [0.2, 0.25) is 5.02 Å². The van der Waals surface area contributed by atoms with E-state index in [1.54, 1.807) is 67.6 Å². The third kappa shape index (κ3) is 5.58. The van der Waals surface area contributed by atoms with Crippen LogP contribution in [-0.2, 0) is 15.6 Å². The summed E-state index contributed by atoms with van der Waals surface area (Å²) in [5, 5.41) is 5.17. The Bertz CT molecular complexity index is 1880. The molecule has 2 aromatic heterocycles. The average Bonchev–Trinajstić information content (AvgIpc) is 3.28. The van der Waals surface area contributed by atoms with Crippen LogP contribution in [0, 0.1) is 13.8 Å². The quantitative estimate of drug-likeness (QED) is 0.229. The molecule has 0 aliphatic rings. The van der Waals surface area contributed by atoms with Gasteiger partial charge in [-0.1, -0.05) is 60.1 Å². The second-order valence-corrected chi connectivity index (χ2v) is 11.4. The molecule has 0 atom stereocenters. The van der Waals surface area contributed by atoms with Gasteiger partial charge in [0.05, 0.1) is 17.0 Å². The van der Waals surface area contributed by atoms with E-state index in [1.807, 2.05) is 19.1 Å². The van der Waals surface area contributed by atoms with E-state index >= 15 is 0 Å². The molecule has 0 fully saturated rings. The van der Waals surface area contributed by atoms with Gasteiger partial charge in [0.2, 0.25) is 20.8 Å². The predicted octanol–water partition coefficient (Wildman–Crippen LogP) is 5.97. The maximum atomic E-state index is 13.4. The van der Waals surface area contributed by atoms with Gasteiger partial charge in [-0.05, 0) is 54.8 Å². The van der Waals surface area contributed by atoms with Crippen molar-refractivity contribution in [1.29, 1.82) is 0 Å². The first kappa shape index (κ1) is 27.0. The highest BCUT2D eigenvalue weighted by Crippen LogP contribution is 2.32. The number of carbonyl (C=O) groups excluding carboxylic acids is 2. The van der Waals surface area contributed by atoms with Crippen LogP contribution in [0.15, 0.2) is 88.6 Å². The number of nitrogens with one attached hydrogen (secondary N) is 2. The van der Waals surface area contributed by atoms with Crippen molar-refractivity contribution in [3.8, 4) is 0 Å². The second kappa shape index (κ2) is 10.9. The van der Waals surface area contributed by atoms with Crippen molar-refractivity contribution >= 4 is 55.6 Å². The molecule has 0 radical (unpaired) electrons. The summed E-state index contributed by atoms with van der Waals surface area (Å²) in [4.78, 5) is 34.5. The van der Waals surface area contributed by atoms with Crippen molar-refractivity contribution in [3.63, 3.8) is 0 Å². The van der Waals surface area contributed by atoms with Crippen molar-refractivity contribution in [1.82, 2.24) is 9.97 Å². The van der Waals surface area contributed by atoms with E-state index < -0.39 is 26.8 Å². The topological polar surface area (TPSA) is 131 Å². The van der Waals surface area contributed by atoms with Crippen LogP contribution in [-0.4, -0.2) is 30.2 Å². The van der Waals surface area contributed by atoms with Crippen molar-refractivity contribution in [2.75, 3.05) is 10.6 Å². The standard InChI is InChI=1S/C29H23ClN4O5S/c1-17-8-7-11-20(14-17)32-28(36)26-24(21-12-5-6-13-23(21)39-26)33-27(35)25-22(30)15-31-29(34-25)40(37,38)16-19-10-4-3-9-18(19)2/h3-15H,16H2,1-2H3,(H,32,36)(H,33,35). The van der Waals surface area contributed by atoms with Crippen LogP contribution in [0.3, 0.4) is 0 Å². The third-order valence-electron chi connectivity index (χ3n) is 6.14. The number of para-hydroxylation sites is 1. The number of furan rings is 1. The number of fused-ring (bicyclic) bond motifs is 1. The summed E-state index contributed by atoms with van der Waals surface area (Å²) in [6.07, 6.45) is 1.06. The fourth-order valence-corrected chi connectivity index (χ4v) is 5.60. The minimum atomic E-state index is -4.01. The zero-order valence-corrected chi connectivity index (χ0v) is 23.0. The van der Waals surface area contributed by atoms with Gasteiger partial charge in [-0.15, -0.1) is 0 Å². The lowest BCUT2D eigenvalue weighted by atomic mass is 10.1. The predicted molar refractivity (Wildman–Crippen MR) is 152 cm³/mol. The van der Waals surface area contributed by atoms with Gasteiger partial charge >= 0.3 is 0 Å². The number of nitrogens with zero attached hydrogens (tertiary/aromatic N) is 2. The monoisotopic (exact) mass is 574 g/mol. The van der Waals surface area contributed by atoms with E-state index in [0.29, 0.717) is 22.2 Å². The van der Waals surface area contributed by atoms with Crippen molar-refractivity contribution in [2.45, 2.75) is 24.8 Å². The van der Waals surface area contributed by atoms with Gasteiger partial charge < -0.3 is 15.1 Å². The van der Waals surface area contributed by atoms with Crippen LogP contribution in [0.25, 0.3) is 11.0 Å². The Morgan fingerprint density at radius 1 is 0.925 bits per heavy atom. The number of hydrogen-bond acceptors (Lipinski definition) is 7. The molecule has 5 rings (SSSR count). The number of carbonyl (C=O) groups is 2. The Kier molecular flexibility index (Phi) is 7.38. The molecule has 9 nitrogen and oxygen atoms in total. The number of rotatable bonds is 7. The van der Waals surface area contributed by atoms with E-state index in [4.69, 9.17) is 16.0 Å². The van der Waals surface area contributed by atoms with Gasteiger partial charge in [-0.2, -0.15) is 0 Å². The van der Waals surface area contributed by atoms with Crippen molar-refractivity contribution in [3.05, 3.63) is 112 Å². The first-order chi connectivity index (χ1) is 19.1. The number of aromatic nitrogens is 2. The SMILES string of the molecule is Cc1cccc(NC(=O)c2oc3ccccc3c2NC(=O)c2nc(S(=O)(=O)Cc3ccccc3C)ncc2Cl)c1. The number of amides is 2. The zero-order chi connectivity index (χ0) is 28.4. The lowest BCUT2D eigenvalue weighted by Crippen LogP contribution is -2.20. The number of halogens is 1. The normalized spacial score (nSPS) is 11.4. The molecule has 0 aliphatic carbocycles. The average molecular weight is 575 g/mol. The molecule has 2 N–H and O–H groups in total. The first-order valence-corrected chi connectivity index (χ1v) is 14.2. The Morgan fingerprint density at radius 2 is 1.68 bits per heavy atom. The molecule has 11 heteroatoms. The van der Waals surface area contributed by atoms with E-state index in [1.165, 1.54) is 0 Å². The Balaban J connectivity index is 1.48. The molecule has 0 aliphatic heterocycles. The Labute approximate surface area is 235 Å². The van der Waals surface area contributed by atoms with Crippen LogP contribution < -0.4 is 10.6 Å². The fourth-order valence-electron chi connectivity index (χ4n) is 4.11. The molecule has 40 heavy (non-hydrogen) atoms. The molecule has 0 saturated carbocycles. The van der Waals surface area contributed by atoms with Gasteiger partial charge in [-0.25, -0.2) is 18.4 Å². The summed E-state index contributed by atoms with van der Waals surface area (Å²) in [5.41, 5.74) is 2.96. The summed E-state index contributed by atoms with van der Waals surface area (Å²) in [7, 11) is -4.01. The number of hydrogen-bond donors (Lipinski definition) is 2. The highest BCUT2D eigenvalue weighted by molar-refractivity contribution is 7.90. The van der Waals surface area contributed by atoms with Crippen LogP contribution in [0.1, 0.15) is 37.7 Å². The van der Waals surface area contributed by atoms with Crippen molar-refractivity contribution < 1.29 is 22.4 Å². The molecule has 202 valence electrons. The maximum Gasteiger partial charge on any atom is 0.293 e. The van der Waals surface area contributed by atoms with E-state index in [-0.39, 0.29) is 27.9 Å². The number of anilines is 2. The first-order valence-electron chi connectivity index (χ1n) is 12.1.